The summed E-state index contributed by atoms with van der Waals surface area (Å²) in [5.74, 6) is -0.387. The quantitative estimate of drug-likeness (QED) is 0.108. The molecule has 4 aromatic rings. The maximum Gasteiger partial charge on any atom is 0.343 e. The van der Waals surface area contributed by atoms with Crippen molar-refractivity contribution in [2.24, 2.45) is 5.92 Å². The molecule has 0 saturated carbocycles. The molecule has 284 valence electrons. The lowest BCUT2D eigenvalue weighted by Gasteiger charge is -2.15. The van der Waals surface area contributed by atoms with Gasteiger partial charge in [0, 0.05) is 19.8 Å². The maximum absolute atomic E-state index is 12.8. The molecule has 1 heterocycles. The number of thiophene rings is 1. The minimum Gasteiger partial charge on any atom is -0.497 e. The standard InChI is InChI=1S/C38H35BrO6S2.3C2H6/c1-21-8-7-9-26(12-16-31-24(4)25(5)46-36(31)34(21)39)28-18-22(2)35(23(3)19-28)45-47-30-15-17-32(37(40)41)33(20-30)44-38(42)27-10-13-29(43-6)14-11-27;3*1-2/h7-11,13-21H,12H2,1-6H3,(H,40,41);3*1-2H3/b8-7-,26-9+,31-16-,36-34-;;;. The number of aryl methyl sites for hydroxylation is 3. The number of rotatable bonds is 8. The van der Waals surface area contributed by atoms with E-state index in [-0.39, 0.29) is 22.8 Å². The van der Waals surface area contributed by atoms with Crippen LogP contribution in [0.1, 0.15) is 103 Å². The van der Waals surface area contributed by atoms with Crippen LogP contribution in [-0.2, 0) is 0 Å². The van der Waals surface area contributed by atoms with Crippen molar-refractivity contribution in [2.45, 2.75) is 87.5 Å². The Labute approximate surface area is 332 Å². The number of esters is 1. The number of allylic oxidation sites excluding steroid dienone is 4. The number of carbonyl (C=O) groups excluding carboxylic acids is 1. The van der Waals surface area contributed by atoms with Gasteiger partial charge in [0.05, 0.1) is 29.6 Å². The number of methoxy groups -OCH3 is 1. The summed E-state index contributed by atoms with van der Waals surface area (Å²) in [6.45, 7) is 22.6. The summed E-state index contributed by atoms with van der Waals surface area (Å²) in [6, 6.07) is 15.2. The molecule has 0 aliphatic heterocycles. The molecule has 0 radical (unpaired) electrons. The van der Waals surface area contributed by atoms with Crippen LogP contribution in [0, 0.1) is 33.6 Å². The van der Waals surface area contributed by atoms with Gasteiger partial charge in [-0.15, -0.1) is 11.3 Å². The molecule has 1 aliphatic carbocycles. The first-order valence-electron chi connectivity index (χ1n) is 18.0. The third kappa shape index (κ3) is 11.7. The maximum atomic E-state index is 12.8. The zero-order chi connectivity index (χ0) is 39.8. The molecule has 9 heteroatoms. The average Bonchev–Trinajstić information content (AvgIpc) is 3.46. The lowest BCUT2D eigenvalue weighted by atomic mass is 9.96. The molecule has 0 bridgehead atoms. The van der Waals surface area contributed by atoms with Gasteiger partial charge < -0.3 is 18.8 Å². The second kappa shape index (κ2) is 22.2. The Morgan fingerprint density at radius 3 is 2.11 bits per heavy atom. The number of hydrogen-bond acceptors (Lipinski definition) is 7. The largest absolute Gasteiger partial charge is 0.497 e. The number of hydrogen-bond donors (Lipinski definition) is 1. The third-order valence-electron chi connectivity index (χ3n) is 8.04. The van der Waals surface area contributed by atoms with Crippen molar-refractivity contribution in [3.8, 4) is 17.2 Å². The number of benzene rings is 3. The molecule has 6 nitrogen and oxygen atoms in total. The summed E-state index contributed by atoms with van der Waals surface area (Å²) < 4.78 is 19.4. The Morgan fingerprint density at radius 2 is 1.53 bits per heavy atom. The van der Waals surface area contributed by atoms with Crippen LogP contribution in [0.2, 0.25) is 0 Å². The van der Waals surface area contributed by atoms with Crippen LogP contribution < -0.4 is 23.4 Å². The molecule has 53 heavy (non-hydrogen) atoms. The summed E-state index contributed by atoms with van der Waals surface area (Å²) in [5, 5.41) is 11.0. The topological polar surface area (TPSA) is 82.1 Å². The van der Waals surface area contributed by atoms with E-state index in [9.17, 15) is 14.7 Å². The minimum atomic E-state index is -1.20. The van der Waals surface area contributed by atoms with Gasteiger partial charge in [-0.2, -0.15) is 0 Å². The van der Waals surface area contributed by atoms with E-state index in [1.807, 2.05) is 66.7 Å². The fourth-order valence-electron chi connectivity index (χ4n) is 5.25. The van der Waals surface area contributed by atoms with Crippen LogP contribution in [0.5, 0.6) is 17.2 Å². The number of halogens is 1. The molecular formula is C44H53BrO6S2. The Kier molecular flexibility index (Phi) is 18.9. The van der Waals surface area contributed by atoms with Crippen molar-refractivity contribution >= 4 is 67.4 Å². The smallest absolute Gasteiger partial charge is 0.343 e. The van der Waals surface area contributed by atoms with Gasteiger partial charge in [0.15, 0.2) is 0 Å². The second-order valence-electron chi connectivity index (χ2n) is 11.3. The summed E-state index contributed by atoms with van der Waals surface area (Å²) in [5.41, 5.74) is 5.73. The van der Waals surface area contributed by atoms with Gasteiger partial charge in [0.2, 0.25) is 0 Å². The van der Waals surface area contributed by atoms with Crippen LogP contribution in [0.15, 0.2) is 77.7 Å². The first-order chi connectivity index (χ1) is 25.5. The van der Waals surface area contributed by atoms with E-state index < -0.39 is 11.9 Å². The first kappa shape index (κ1) is 45.1. The van der Waals surface area contributed by atoms with Gasteiger partial charge in [-0.05, 0) is 122 Å². The molecule has 1 aliphatic rings. The fourth-order valence-corrected chi connectivity index (χ4v) is 7.78. The Hall–Kier alpha value is -4.05. The van der Waals surface area contributed by atoms with Gasteiger partial charge in [0.1, 0.15) is 22.8 Å². The molecule has 1 aromatic heterocycles. The normalized spacial score (nSPS) is 16.4. The van der Waals surface area contributed by atoms with E-state index in [1.165, 1.54) is 49.5 Å². The number of fused-ring (bicyclic) bond motifs is 1. The molecule has 1 unspecified atom stereocenters. The highest BCUT2D eigenvalue weighted by Gasteiger charge is 2.19. The number of carboxylic acids is 1. The van der Waals surface area contributed by atoms with Crippen molar-refractivity contribution in [1.82, 2.24) is 0 Å². The van der Waals surface area contributed by atoms with Crippen molar-refractivity contribution in [1.29, 1.82) is 0 Å². The van der Waals surface area contributed by atoms with Crippen LogP contribution in [0.3, 0.4) is 0 Å². The summed E-state index contributed by atoms with van der Waals surface area (Å²) >= 11 is 6.78. The lowest BCUT2D eigenvalue weighted by molar-refractivity contribution is 0.0681. The Bertz CT molecular complexity index is 2020. The van der Waals surface area contributed by atoms with Gasteiger partial charge in [0.25, 0.3) is 0 Å². The molecule has 3 aromatic carbocycles. The number of ether oxygens (including phenoxy) is 2. The first-order valence-corrected chi connectivity index (χ1v) is 20.3. The van der Waals surface area contributed by atoms with Crippen LogP contribution >= 0.6 is 39.3 Å². The molecule has 0 spiro atoms. The molecule has 5 rings (SSSR count). The number of carboxylic acid groups (broad SMARTS) is 1. The lowest BCUT2D eigenvalue weighted by Crippen LogP contribution is -2.23. The summed E-state index contributed by atoms with van der Waals surface area (Å²) in [6.07, 6.45) is 9.66. The average molecular weight is 822 g/mol. The predicted octanol–water partition coefficient (Wildman–Crippen LogP) is 12.0. The SMILES string of the molecule is CC.CC.CC.COc1ccc(C(=O)Oc2cc(SOc3c(C)cc(/C4=C/C=C\C(C)/C(Br)=c5/sc(C)c(C)/c5=C/C4)cc3C)ccc2C(=O)O)cc1. The minimum absolute atomic E-state index is 0.0684. The predicted molar refractivity (Wildman–Crippen MR) is 229 cm³/mol. The summed E-state index contributed by atoms with van der Waals surface area (Å²) in [4.78, 5) is 26.6. The van der Waals surface area contributed by atoms with Crippen LogP contribution in [-0.4, -0.2) is 24.2 Å². The Balaban J connectivity index is 0.00000154. The molecule has 1 N–H and O–H groups in total. The van der Waals surface area contributed by atoms with Crippen LogP contribution in [0.4, 0.5) is 0 Å². The van der Waals surface area contributed by atoms with Gasteiger partial charge >= 0.3 is 11.9 Å². The van der Waals surface area contributed by atoms with Crippen molar-refractivity contribution in [3.63, 3.8) is 0 Å². The molecule has 0 amide bonds. The zero-order valence-corrected chi connectivity index (χ0v) is 36.2. The van der Waals surface area contributed by atoms with Gasteiger partial charge in [-0.3, -0.25) is 0 Å². The highest BCUT2D eigenvalue weighted by Crippen LogP contribution is 2.35. The van der Waals surface area contributed by atoms with Crippen molar-refractivity contribution in [3.05, 3.63) is 121 Å². The molecule has 0 saturated heterocycles. The van der Waals surface area contributed by atoms with E-state index in [2.05, 4.69) is 73.1 Å². The van der Waals surface area contributed by atoms with Crippen molar-refractivity contribution < 1.29 is 28.4 Å². The van der Waals surface area contributed by atoms with Crippen LogP contribution in [0.25, 0.3) is 16.1 Å². The number of carbonyl (C=O) groups is 2. The highest BCUT2D eigenvalue weighted by molar-refractivity contribution is 9.14. The second-order valence-corrected chi connectivity index (χ2v) is 14.2. The van der Waals surface area contributed by atoms with Gasteiger partial charge in [-0.1, -0.05) is 88.7 Å². The highest BCUT2D eigenvalue weighted by atomic mass is 79.9. The van der Waals surface area contributed by atoms with Crippen molar-refractivity contribution in [2.75, 3.05) is 7.11 Å². The van der Waals surface area contributed by atoms with E-state index in [4.69, 9.17) is 13.7 Å². The van der Waals surface area contributed by atoms with E-state index in [1.54, 1.807) is 30.3 Å². The molecule has 0 fully saturated rings. The molecular weight excluding hydrogens is 769 g/mol. The van der Waals surface area contributed by atoms with E-state index in [0.29, 0.717) is 10.6 Å². The zero-order valence-electron chi connectivity index (χ0n) is 33.0. The third-order valence-corrected chi connectivity index (χ3v) is 11.4. The fraction of sp³-hybridized carbons (Fsp3) is 0.318. The Morgan fingerprint density at radius 1 is 0.906 bits per heavy atom. The van der Waals surface area contributed by atoms with E-state index >= 15 is 0 Å². The van der Waals surface area contributed by atoms with Gasteiger partial charge in [-0.25, -0.2) is 9.59 Å². The monoisotopic (exact) mass is 820 g/mol. The summed E-state index contributed by atoms with van der Waals surface area (Å²) in [7, 11) is 1.53. The molecule has 1 atom stereocenters. The van der Waals surface area contributed by atoms with E-state index in [0.717, 1.165) is 40.9 Å². The number of aromatic carboxylic acids is 1.